The number of allylic oxidation sites excluding steroid dienone is 1. The van der Waals surface area contributed by atoms with Gasteiger partial charge in [0.1, 0.15) is 0 Å². The molecule has 3 N–H and O–H groups in total. The van der Waals surface area contributed by atoms with E-state index >= 15 is 0 Å². The molecule has 0 fully saturated rings. The van der Waals surface area contributed by atoms with Gasteiger partial charge < -0.3 is 15.5 Å². The lowest BCUT2D eigenvalue weighted by atomic mass is 10.0. The van der Waals surface area contributed by atoms with Gasteiger partial charge in [0.2, 0.25) is 0 Å². The number of amides is 1. The summed E-state index contributed by atoms with van der Waals surface area (Å²) in [5.41, 5.74) is -0.716. The molecule has 0 saturated heterocycles. The van der Waals surface area contributed by atoms with E-state index in [0.717, 1.165) is 6.42 Å². The van der Waals surface area contributed by atoms with Crippen LogP contribution in [0.1, 0.15) is 12.8 Å². The Bertz CT molecular complexity index is 190. The first-order valence-corrected chi connectivity index (χ1v) is 3.48. The molecule has 1 aliphatic rings. The van der Waals surface area contributed by atoms with Crippen LogP contribution in [0, 0.1) is 0 Å². The molecule has 0 bridgehead atoms. The van der Waals surface area contributed by atoms with E-state index in [-0.39, 0.29) is 6.61 Å². The van der Waals surface area contributed by atoms with Crippen molar-refractivity contribution in [1.29, 1.82) is 0 Å². The third-order valence-electron chi connectivity index (χ3n) is 1.83. The number of rotatable bonds is 2. The monoisotopic (exact) mass is 157 g/mol. The first-order valence-electron chi connectivity index (χ1n) is 3.48. The molecule has 11 heavy (non-hydrogen) atoms. The quantitative estimate of drug-likeness (QED) is 0.506. The fraction of sp³-hybridized carbons (Fsp3) is 0.571. The molecule has 0 aliphatic heterocycles. The zero-order valence-electron chi connectivity index (χ0n) is 6.08. The Labute approximate surface area is 64.5 Å². The van der Waals surface area contributed by atoms with Crippen molar-refractivity contribution in [3.8, 4) is 0 Å². The molecule has 0 aromatic heterocycles. The van der Waals surface area contributed by atoms with E-state index in [1.165, 1.54) is 0 Å². The van der Waals surface area contributed by atoms with Gasteiger partial charge in [-0.3, -0.25) is 0 Å². The lowest BCUT2D eigenvalue weighted by molar-refractivity contribution is 0.157. The number of carbonyl (C=O) groups is 1. The van der Waals surface area contributed by atoms with Crippen molar-refractivity contribution in [3.05, 3.63) is 12.2 Å². The lowest BCUT2D eigenvalue weighted by Gasteiger charge is -2.24. The molecule has 1 unspecified atom stereocenters. The molecule has 4 nitrogen and oxygen atoms in total. The van der Waals surface area contributed by atoms with Gasteiger partial charge in [0, 0.05) is 0 Å². The fourth-order valence-corrected chi connectivity index (χ4v) is 1.22. The summed E-state index contributed by atoms with van der Waals surface area (Å²) in [7, 11) is 0. The minimum atomic E-state index is -1.09. The number of carboxylic acid groups (broad SMARTS) is 1. The minimum absolute atomic E-state index is 0.171. The van der Waals surface area contributed by atoms with Crippen molar-refractivity contribution in [2.75, 3.05) is 6.61 Å². The SMILES string of the molecule is O=C(O)NC1(CO)C=CCC1. The Morgan fingerprint density at radius 3 is 2.82 bits per heavy atom. The zero-order valence-corrected chi connectivity index (χ0v) is 6.08. The van der Waals surface area contributed by atoms with Gasteiger partial charge in [-0.15, -0.1) is 0 Å². The summed E-state index contributed by atoms with van der Waals surface area (Å²) in [6, 6.07) is 0. The molecule has 0 heterocycles. The van der Waals surface area contributed by atoms with E-state index < -0.39 is 11.6 Å². The van der Waals surface area contributed by atoms with E-state index in [4.69, 9.17) is 10.2 Å². The molecule has 0 aromatic carbocycles. The van der Waals surface area contributed by atoms with Gasteiger partial charge in [-0.05, 0) is 12.8 Å². The fourth-order valence-electron chi connectivity index (χ4n) is 1.22. The van der Waals surface area contributed by atoms with E-state index in [1.807, 2.05) is 6.08 Å². The smallest absolute Gasteiger partial charge is 0.405 e. The van der Waals surface area contributed by atoms with Gasteiger partial charge in [-0.2, -0.15) is 0 Å². The van der Waals surface area contributed by atoms with Gasteiger partial charge >= 0.3 is 6.09 Å². The van der Waals surface area contributed by atoms with Crippen LogP contribution in [0.2, 0.25) is 0 Å². The van der Waals surface area contributed by atoms with Crippen LogP contribution in [0.4, 0.5) is 4.79 Å². The number of hydrogen-bond donors (Lipinski definition) is 3. The first-order chi connectivity index (χ1) is 5.18. The Morgan fingerprint density at radius 2 is 2.45 bits per heavy atom. The maximum atomic E-state index is 10.3. The molecular weight excluding hydrogens is 146 g/mol. The lowest BCUT2D eigenvalue weighted by Crippen LogP contribution is -2.47. The van der Waals surface area contributed by atoms with Crippen molar-refractivity contribution in [3.63, 3.8) is 0 Å². The zero-order chi connectivity index (χ0) is 8.32. The van der Waals surface area contributed by atoms with Gasteiger partial charge in [-0.25, -0.2) is 4.79 Å². The largest absolute Gasteiger partial charge is 0.465 e. The highest BCUT2D eigenvalue weighted by Crippen LogP contribution is 2.21. The molecule has 1 rings (SSSR count). The molecular formula is C7H11NO3. The molecule has 4 heteroatoms. The highest BCUT2D eigenvalue weighted by atomic mass is 16.4. The Morgan fingerprint density at radius 1 is 1.73 bits per heavy atom. The maximum absolute atomic E-state index is 10.3. The summed E-state index contributed by atoms with van der Waals surface area (Å²) in [6.45, 7) is -0.171. The Balaban J connectivity index is 2.60. The summed E-state index contributed by atoms with van der Waals surface area (Å²) in [6.07, 6.45) is 3.95. The van der Waals surface area contributed by atoms with E-state index in [2.05, 4.69) is 5.32 Å². The number of hydrogen-bond acceptors (Lipinski definition) is 2. The highest BCUT2D eigenvalue weighted by Gasteiger charge is 2.30. The number of aliphatic hydroxyl groups excluding tert-OH is 1. The average Bonchev–Trinajstić information content (AvgIpc) is 2.36. The second-order valence-corrected chi connectivity index (χ2v) is 2.69. The van der Waals surface area contributed by atoms with Gasteiger partial charge in [0.15, 0.2) is 0 Å². The van der Waals surface area contributed by atoms with Crippen molar-refractivity contribution in [1.82, 2.24) is 5.32 Å². The normalized spacial score (nSPS) is 28.8. The van der Waals surface area contributed by atoms with E-state index in [0.29, 0.717) is 6.42 Å². The topological polar surface area (TPSA) is 69.6 Å². The summed E-state index contributed by atoms with van der Waals surface area (Å²) < 4.78 is 0. The molecule has 1 atom stereocenters. The molecule has 0 radical (unpaired) electrons. The summed E-state index contributed by atoms with van der Waals surface area (Å²) in [4.78, 5) is 10.3. The predicted octanol–water partition coefficient (Wildman–Crippen LogP) is 0.335. The van der Waals surface area contributed by atoms with Crippen LogP contribution in [0.3, 0.4) is 0 Å². The van der Waals surface area contributed by atoms with E-state index in [9.17, 15) is 4.79 Å². The summed E-state index contributed by atoms with van der Waals surface area (Å²) in [5, 5.41) is 19.6. The van der Waals surface area contributed by atoms with Crippen molar-refractivity contribution >= 4 is 6.09 Å². The van der Waals surface area contributed by atoms with Crippen LogP contribution in [-0.2, 0) is 0 Å². The van der Waals surface area contributed by atoms with Gasteiger partial charge in [0.05, 0.1) is 12.1 Å². The third-order valence-corrected chi connectivity index (χ3v) is 1.83. The molecule has 62 valence electrons. The first kappa shape index (κ1) is 8.07. The average molecular weight is 157 g/mol. The number of aliphatic hydroxyl groups is 1. The minimum Gasteiger partial charge on any atom is -0.465 e. The molecule has 1 aliphatic carbocycles. The van der Waals surface area contributed by atoms with Crippen LogP contribution < -0.4 is 5.32 Å². The van der Waals surface area contributed by atoms with Gasteiger partial charge in [-0.1, -0.05) is 12.2 Å². The summed E-state index contributed by atoms with van der Waals surface area (Å²) >= 11 is 0. The highest BCUT2D eigenvalue weighted by molar-refractivity contribution is 5.66. The second kappa shape index (κ2) is 2.92. The number of nitrogens with one attached hydrogen (secondary N) is 1. The maximum Gasteiger partial charge on any atom is 0.405 e. The Kier molecular flexibility index (Phi) is 2.14. The predicted molar refractivity (Wildman–Crippen MR) is 39.4 cm³/mol. The molecule has 0 spiro atoms. The van der Waals surface area contributed by atoms with E-state index in [1.54, 1.807) is 6.08 Å². The molecule has 1 amide bonds. The van der Waals surface area contributed by atoms with Crippen LogP contribution in [0.5, 0.6) is 0 Å². The third kappa shape index (κ3) is 1.71. The van der Waals surface area contributed by atoms with Gasteiger partial charge in [0.25, 0.3) is 0 Å². The molecule has 0 aromatic rings. The van der Waals surface area contributed by atoms with Crippen LogP contribution in [-0.4, -0.2) is 28.5 Å². The van der Waals surface area contributed by atoms with Crippen molar-refractivity contribution < 1.29 is 15.0 Å². The molecule has 0 saturated carbocycles. The van der Waals surface area contributed by atoms with Crippen LogP contribution >= 0.6 is 0 Å². The van der Waals surface area contributed by atoms with Crippen LogP contribution in [0.15, 0.2) is 12.2 Å². The second-order valence-electron chi connectivity index (χ2n) is 2.69. The Hall–Kier alpha value is -1.03. The van der Waals surface area contributed by atoms with Crippen LogP contribution in [0.25, 0.3) is 0 Å². The standard InChI is InChI=1S/C7H11NO3/c9-5-7(8-6(10)11)3-1-2-4-7/h1,3,8-9H,2,4-5H2,(H,10,11). The van der Waals surface area contributed by atoms with Crippen molar-refractivity contribution in [2.24, 2.45) is 0 Å². The summed E-state index contributed by atoms with van der Waals surface area (Å²) in [5.74, 6) is 0. The van der Waals surface area contributed by atoms with Crippen molar-refractivity contribution in [2.45, 2.75) is 18.4 Å².